The Morgan fingerprint density at radius 3 is 0.553 bits per heavy atom. The minimum atomic E-state index is -1.13. The average Bonchev–Trinajstić information content (AvgIpc) is 2.92. The first-order chi connectivity index (χ1) is 17.2. The standard InChI is InChI=1S/4C7H6O2.CH4.Zr/c4*8-7(9)6-4-2-1-3-5-6;;/h4*1-5H,(H,8,9);1H4;/q;;;;;+4/p-4. The summed E-state index contributed by atoms with van der Waals surface area (Å²) in [5, 5.41) is 40.4. The predicted molar refractivity (Wildman–Crippen MR) is 130 cm³/mol. The number of carboxylic acids is 4. The summed E-state index contributed by atoms with van der Waals surface area (Å²) >= 11 is 0. The maximum absolute atomic E-state index is 10.1. The molecule has 0 fully saturated rings. The second kappa shape index (κ2) is 20.8. The van der Waals surface area contributed by atoms with Crippen LogP contribution in [0, 0.1) is 0 Å². The SMILES string of the molecule is C.O=C([O-])c1ccccc1.O=C([O-])c1ccccc1.O=C([O-])c1ccccc1.O=C([O-])c1ccccc1.[Zr+4]. The number of carbonyl (C=O) groups is 4. The van der Waals surface area contributed by atoms with Crippen molar-refractivity contribution >= 4 is 23.9 Å². The van der Waals surface area contributed by atoms with Gasteiger partial charge in [-0.1, -0.05) is 129 Å². The molecule has 4 aromatic carbocycles. The minimum absolute atomic E-state index is 0. The van der Waals surface area contributed by atoms with Crippen LogP contribution in [0.1, 0.15) is 48.9 Å². The summed E-state index contributed by atoms with van der Waals surface area (Å²) in [7, 11) is 0. The van der Waals surface area contributed by atoms with E-state index in [0.29, 0.717) is 0 Å². The van der Waals surface area contributed by atoms with E-state index in [2.05, 4.69) is 0 Å². The van der Waals surface area contributed by atoms with Gasteiger partial charge < -0.3 is 39.6 Å². The molecule has 0 radical (unpaired) electrons. The molecule has 4 rings (SSSR count). The van der Waals surface area contributed by atoms with Gasteiger partial charge in [-0.2, -0.15) is 0 Å². The Hall–Kier alpha value is -4.36. The van der Waals surface area contributed by atoms with E-state index in [-0.39, 0.29) is 55.9 Å². The van der Waals surface area contributed by atoms with Gasteiger partial charge in [0, 0.05) is 0 Å². The van der Waals surface area contributed by atoms with Crippen LogP contribution in [0.25, 0.3) is 0 Å². The first kappa shape index (κ1) is 35.8. The number of hydrogen-bond donors (Lipinski definition) is 0. The third-order valence-electron chi connectivity index (χ3n) is 4.04. The fraction of sp³-hybridized carbons (Fsp3) is 0.0345. The molecule has 0 spiro atoms. The molecular formula is C29H24O8Zr. The summed E-state index contributed by atoms with van der Waals surface area (Å²) in [6.07, 6.45) is 0. The van der Waals surface area contributed by atoms with Crippen molar-refractivity contribution in [2.75, 3.05) is 0 Å². The van der Waals surface area contributed by atoms with Crippen molar-refractivity contribution in [3.63, 3.8) is 0 Å². The number of hydrogen-bond acceptors (Lipinski definition) is 8. The van der Waals surface area contributed by atoms with E-state index in [1.165, 1.54) is 48.5 Å². The first-order valence-corrected chi connectivity index (χ1v) is 10.3. The molecule has 0 atom stereocenters. The van der Waals surface area contributed by atoms with Crippen LogP contribution in [0.4, 0.5) is 0 Å². The van der Waals surface area contributed by atoms with E-state index in [1.54, 1.807) is 72.8 Å². The smallest absolute Gasteiger partial charge is 0.545 e. The van der Waals surface area contributed by atoms with E-state index in [4.69, 9.17) is 0 Å². The Morgan fingerprint density at radius 2 is 0.474 bits per heavy atom. The van der Waals surface area contributed by atoms with Gasteiger partial charge in [0.1, 0.15) is 0 Å². The van der Waals surface area contributed by atoms with E-state index >= 15 is 0 Å². The second-order valence-electron chi connectivity index (χ2n) is 6.61. The molecule has 0 aliphatic carbocycles. The van der Waals surface area contributed by atoms with Crippen molar-refractivity contribution in [2.45, 2.75) is 7.43 Å². The Bertz CT molecular complexity index is 1020. The van der Waals surface area contributed by atoms with Crippen molar-refractivity contribution in [1.29, 1.82) is 0 Å². The normalized spacial score (nSPS) is 8.42. The summed E-state index contributed by atoms with van der Waals surface area (Å²) < 4.78 is 0. The van der Waals surface area contributed by atoms with E-state index in [9.17, 15) is 39.6 Å². The van der Waals surface area contributed by atoms with E-state index < -0.39 is 23.9 Å². The number of carbonyl (C=O) groups excluding carboxylic acids is 4. The second-order valence-corrected chi connectivity index (χ2v) is 6.61. The molecule has 0 saturated carbocycles. The number of carboxylic acid groups (broad SMARTS) is 4. The van der Waals surface area contributed by atoms with Crippen LogP contribution in [0.15, 0.2) is 121 Å². The molecule has 0 saturated heterocycles. The van der Waals surface area contributed by atoms with Crippen molar-refractivity contribution < 1.29 is 65.8 Å². The largest absolute Gasteiger partial charge is 4.00 e. The zero-order chi connectivity index (χ0) is 26.8. The molecule has 0 unspecified atom stereocenters. The molecule has 0 aliphatic heterocycles. The Balaban J connectivity index is 0. The van der Waals surface area contributed by atoms with Gasteiger partial charge in [0.05, 0.1) is 23.9 Å². The quantitative estimate of drug-likeness (QED) is 0.337. The van der Waals surface area contributed by atoms with Gasteiger partial charge in [0.25, 0.3) is 0 Å². The van der Waals surface area contributed by atoms with Gasteiger partial charge >= 0.3 is 26.2 Å². The van der Waals surface area contributed by atoms with Gasteiger partial charge in [-0.05, 0) is 22.3 Å². The fourth-order valence-corrected chi connectivity index (χ4v) is 2.30. The van der Waals surface area contributed by atoms with Crippen molar-refractivity contribution in [3.8, 4) is 0 Å². The molecule has 38 heavy (non-hydrogen) atoms. The number of aromatic carboxylic acids is 4. The summed E-state index contributed by atoms with van der Waals surface area (Å²) in [4.78, 5) is 40.4. The average molecular weight is 592 g/mol. The van der Waals surface area contributed by atoms with Gasteiger partial charge in [0.15, 0.2) is 0 Å². The van der Waals surface area contributed by atoms with Crippen LogP contribution in [0.2, 0.25) is 0 Å². The number of benzene rings is 4. The van der Waals surface area contributed by atoms with Crippen LogP contribution in [-0.4, -0.2) is 23.9 Å². The molecule has 0 aromatic heterocycles. The van der Waals surface area contributed by atoms with Crippen LogP contribution < -0.4 is 20.4 Å². The van der Waals surface area contributed by atoms with Gasteiger partial charge in [-0.25, -0.2) is 0 Å². The molecule has 8 nitrogen and oxygen atoms in total. The topological polar surface area (TPSA) is 161 Å². The maximum Gasteiger partial charge on any atom is 4.00 e. The third-order valence-corrected chi connectivity index (χ3v) is 4.04. The molecule has 0 aliphatic rings. The summed E-state index contributed by atoms with van der Waals surface area (Å²) in [6, 6.07) is 32.3. The van der Waals surface area contributed by atoms with Gasteiger partial charge in [0.2, 0.25) is 0 Å². The van der Waals surface area contributed by atoms with Crippen molar-refractivity contribution in [1.82, 2.24) is 0 Å². The van der Waals surface area contributed by atoms with Crippen LogP contribution in [-0.2, 0) is 26.2 Å². The summed E-state index contributed by atoms with van der Waals surface area (Å²) in [6.45, 7) is 0. The summed E-state index contributed by atoms with van der Waals surface area (Å²) in [5.74, 6) is -4.52. The zero-order valence-electron chi connectivity index (χ0n) is 19.3. The molecule has 0 bridgehead atoms. The zero-order valence-corrected chi connectivity index (χ0v) is 21.8. The Morgan fingerprint density at radius 1 is 0.342 bits per heavy atom. The molecule has 9 heteroatoms. The molecule has 0 amide bonds. The Labute approximate surface area is 240 Å². The predicted octanol–water partition coefficient (Wildman–Crippen LogP) is 0.834. The van der Waals surface area contributed by atoms with Gasteiger partial charge in [-0.3, -0.25) is 0 Å². The third kappa shape index (κ3) is 15.6. The van der Waals surface area contributed by atoms with E-state index in [1.807, 2.05) is 0 Å². The van der Waals surface area contributed by atoms with Crippen LogP contribution in [0.5, 0.6) is 0 Å². The van der Waals surface area contributed by atoms with E-state index in [0.717, 1.165) is 0 Å². The van der Waals surface area contributed by atoms with Crippen LogP contribution in [0.3, 0.4) is 0 Å². The molecular weight excluding hydrogens is 568 g/mol. The van der Waals surface area contributed by atoms with Gasteiger partial charge in [-0.15, -0.1) is 0 Å². The first-order valence-electron chi connectivity index (χ1n) is 10.3. The molecule has 0 heterocycles. The van der Waals surface area contributed by atoms with Crippen LogP contribution >= 0.6 is 0 Å². The summed E-state index contributed by atoms with van der Waals surface area (Å²) in [5.41, 5.74) is 0.880. The maximum atomic E-state index is 10.1. The van der Waals surface area contributed by atoms with Crippen molar-refractivity contribution in [2.24, 2.45) is 0 Å². The fourth-order valence-electron chi connectivity index (χ4n) is 2.30. The minimum Gasteiger partial charge on any atom is -0.545 e. The molecule has 0 N–H and O–H groups in total. The molecule has 192 valence electrons. The van der Waals surface area contributed by atoms with Crippen molar-refractivity contribution in [3.05, 3.63) is 144 Å². The number of rotatable bonds is 4. The Kier molecular flexibility index (Phi) is 19.6. The molecule has 4 aromatic rings. The monoisotopic (exact) mass is 590 g/mol.